The summed E-state index contributed by atoms with van der Waals surface area (Å²) in [5.41, 5.74) is 6.41. The number of alkyl halides is 1. The zero-order valence-electron chi connectivity index (χ0n) is 20.7. The molecule has 0 spiro atoms. The number of hydrogen-bond acceptors (Lipinski definition) is 5. The first-order valence-corrected chi connectivity index (χ1v) is 12.2. The van der Waals surface area contributed by atoms with E-state index >= 15 is 0 Å². The second kappa shape index (κ2) is 10.5. The summed E-state index contributed by atoms with van der Waals surface area (Å²) in [6, 6.07) is 21.7. The molecule has 7 nitrogen and oxygen atoms in total. The normalized spacial score (nSPS) is 20.5. The number of carbonyl (C=O) groups is 2. The topological polar surface area (TPSA) is 99.9 Å². The molecule has 0 fully saturated rings. The molecule has 8 heteroatoms. The lowest BCUT2D eigenvalue weighted by atomic mass is 9.63. The molecule has 3 aromatic rings. The Bertz CT molecular complexity index is 1400. The Labute approximate surface area is 224 Å². The fourth-order valence-electron chi connectivity index (χ4n) is 4.50. The van der Waals surface area contributed by atoms with E-state index in [0.717, 1.165) is 0 Å². The molecule has 2 unspecified atom stereocenters. The minimum absolute atomic E-state index is 0.257. The highest BCUT2D eigenvalue weighted by Crippen LogP contribution is 2.55. The van der Waals surface area contributed by atoms with Crippen LogP contribution in [0, 0.1) is 0 Å². The van der Waals surface area contributed by atoms with Gasteiger partial charge in [0.1, 0.15) is 22.7 Å². The summed E-state index contributed by atoms with van der Waals surface area (Å²) in [6.45, 7) is 0. The number of anilines is 1. The summed E-state index contributed by atoms with van der Waals surface area (Å²) in [5.74, 6) is 0.790. The summed E-state index contributed by atoms with van der Waals surface area (Å²) in [5, 5.41) is 3.04. The van der Waals surface area contributed by atoms with Crippen molar-refractivity contribution < 1.29 is 23.8 Å². The number of nitrogens with one attached hydrogen (secondary N) is 1. The third-order valence-electron chi connectivity index (χ3n) is 6.43. The average Bonchev–Trinajstić information content (AvgIpc) is 2.93. The van der Waals surface area contributed by atoms with Crippen LogP contribution >= 0.6 is 15.9 Å². The van der Waals surface area contributed by atoms with E-state index < -0.39 is 15.6 Å². The Morgan fingerprint density at radius 1 is 0.811 bits per heavy atom. The van der Waals surface area contributed by atoms with Crippen molar-refractivity contribution >= 4 is 33.4 Å². The van der Waals surface area contributed by atoms with Gasteiger partial charge in [0.25, 0.3) is 0 Å². The van der Waals surface area contributed by atoms with Crippen molar-refractivity contribution in [2.75, 3.05) is 26.6 Å². The lowest BCUT2D eigenvalue weighted by Gasteiger charge is -2.45. The van der Waals surface area contributed by atoms with Crippen LogP contribution in [0.4, 0.5) is 5.69 Å². The van der Waals surface area contributed by atoms with Crippen LogP contribution in [0.25, 0.3) is 0 Å². The van der Waals surface area contributed by atoms with Crippen LogP contribution in [0.5, 0.6) is 17.2 Å². The van der Waals surface area contributed by atoms with Crippen molar-refractivity contribution in [1.29, 1.82) is 0 Å². The Balaban J connectivity index is 2.00. The number of methoxy groups -OCH3 is 3. The summed E-state index contributed by atoms with van der Waals surface area (Å²) < 4.78 is 15.0. The van der Waals surface area contributed by atoms with Crippen LogP contribution in [0.2, 0.25) is 0 Å². The second-order valence-corrected chi connectivity index (χ2v) is 9.72. The van der Waals surface area contributed by atoms with Gasteiger partial charge < -0.3 is 25.3 Å². The van der Waals surface area contributed by atoms with E-state index in [1.54, 1.807) is 82.0 Å². The fraction of sp³-hybridized carbons (Fsp3) is 0.172. The number of ether oxygens (including phenoxy) is 3. The van der Waals surface area contributed by atoms with Crippen LogP contribution in [0.1, 0.15) is 11.1 Å². The van der Waals surface area contributed by atoms with Crippen molar-refractivity contribution in [3.05, 3.63) is 108 Å². The predicted molar refractivity (Wildman–Crippen MR) is 146 cm³/mol. The van der Waals surface area contributed by atoms with E-state index in [9.17, 15) is 9.59 Å². The van der Waals surface area contributed by atoms with Gasteiger partial charge in [-0.15, -0.1) is 0 Å². The highest BCUT2D eigenvalue weighted by Gasteiger charge is 2.56. The number of allylic oxidation sites excluding steroid dienone is 1. The maximum atomic E-state index is 14.5. The molecule has 190 valence electrons. The maximum Gasteiger partial charge on any atom is 0.248 e. The van der Waals surface area contributed by atoms with Crippen molar-refractivity contribution in [2.24, 2.45) is 5.73 Å². The predicted octanol–water partition coefficient (Wildman–Crippen LogP) is 4.86. The minimum Gasteiger partial charge on any atom is -0.497 e. The molecule has 1 aliphatic rings. The number of amides is 2. The quantitative estimate of drug-likeness (QED) is 0.382. The molecule has 2 atom stereocenters. The molecule has 0 heterocycles. The highest BCUT2D eigenvalue weighted by molar-refractivity contribution is 9.09. The van der Waals surface area contributed by atoms with Crippen LogP contribution in [0.15, 0.2) is 96.6 Å². The molecular weight excluding hydrogens is 536 g/mol. The van der Waals surface area contributed by atoms with Gasteiger partial charge in [0.15, 0.2) is 0 Å². The highest BCUT2D eigenvalue weighted by atomic mass is 79.9. The van der Waals surface area contributed by atoms with E-state index in [1.165, 1.54) is 0 Å². The first-order chi connectivity index (χ1) is 17.8. The van der Waals surface area contributed by atoms with Gasteiger partial charge in [0, 0.05) is 17.3 Å². The Kier molecular flexibility index (Phi) is 7.40. The Hall–Kier alpha value is -4.04. The van der Waals surface area contributed by atoms with E-state index in [2.05, 4.69) is 21.2 Å². The largest absolute Gasteiger partial charge is 0.497 e. The molecule has 0 saturated heterocycles. The summed E-state index contributed by atoms with van der Waals surface area (Å²) in [6.07, 6.45) is 4.95. The van der Waals surface area contributed by atoms with E-state index in [0.29, 0.717) is 34.1 Å². The molecule has 0 saturated carbocycles. The van der Waals surface area contributed by atoms with Gasteiger partial charge in [-0.1, -0.05) is 58.4 Å². The van der Waals surface area contributed by atoms with E-state index in [4.69, 9.17) is 19.9 Å². The van der Waals surface area contributed by atoms with Gasteiger partial charge in [0.2, 0.25) is 11.8 Å². The van der Waals surface area contributed by atoms with Gasteiger partial charge in [-0.25, -0.2) is 0 Å². The van der Waals surface area contributed by atoms with Crippen molar-refractivity contribution in [2.45, 2.75) is 9.74 Å². The van der Waals surface area contributed by atoms with Gasteiger partial charge in [-0.3, -0.25) is 9.59 Å². The fourth-order valence-corrected chi connectivity index (χ4v) is 5.54. The third kappa shape index (κ3) is 4.72. The number of rotatable bonds is 8. The molecule has 0 radical (unpaired) electrons. The third-order valence-corrected chi connectivity index (χ3v) is 7.74. The molecule has 3 aromatic carbocycles. The smallest absolute Gasteiger partial charge is 0.248 e. The first-order valence-electron chi connectivity index (χ1n) is 11.4. The first kappa shape index (κ1) is 26.0. The standard InChI is InChI=1S/C29H27BrN2O5/c1-35-23-10-4-7-20(15-23)28(27(34)32-22-9-6-12-25(17-22)37-3)14-13-19(26(31)33)18-29(28,30)21-8-5-11-24(16-21)36-2/h4-18H,1-3H3,(H2,31,33)(H,32,34). The van der Waals surface area contributed by atoms with Gasteiger partial charge in [0.05, 0.1) is 25.7 Å². The number of benzene rings is 3. The van der Waals surface area contributed by atoms with Crippen LogP contribution in [-0.2, 0) is 19.3 Å². The number of primary amides is 1. The molecular formula is C29H27BrN2O5. The lowest BCUT2D eigenvalue weighted by Crippen LogP contribution is -2.53. The van der Waals surface area contributed by atoms with Gasteiger partial charge >= 0.3 is 0 Å². The summed E-state index contributed by atoms with van der Waals surface area (Å²) in [4.78, 5) is 26.8. The summed E-state index contributed by atoms with van der Waals surface area (Å²) >= 11 is 3.91. The van der Waals surface area contributed by atoms with Crippen LogP contribution in [-0.4, -0.2) is 33.1 Å². The number of hydrogen-bond donors (Lipinski definition) is 2. The molecule has 0 aromatic heterocycles. The zero-order chi connectivity index (χ0) is 26.6. The van der Waals surface area contributed by atoms with Gasteiger partial charge in [-0.2, -0.15) is 0 Å². The summed E-state index contributed by atoms with van der Waals surface area (Å²) in [7, 11) is 4.69. The number of halogens is 1. The molecule has 0 bridgehead atoms. The molecule has 1 aliphatic carbocycles. The maximum absolute atomic E-state index is 14.5. The SMILES string of the molecule is COc1cccc(NC(=O)C2(c3cccc(OC)c3)C=CC(C(N)=O)=CC2(Br)c2cccc(OC)c2)c1. The van der Waals surface area contributed by atoms with Crippen molar-refractivity contribution in [3.63, 3.8) is 0 Å². The Morgan fingerprint density at radius 3 is 1.95 bits per heavy atom. The number of nitrogens with two attached hydrogens (primary N) is 1. The Morgan fingerprint density at radius 2 is 1.35 bits per heavy atom. The molecule has 4 rings (SSSR count). The zero-order valence-corrected chi connectivity index (χ0v) is 22.2. The molecule has 2 amide bonds. The molecule has 3 N–H and O–H groups in total. The molecule has 0 aliphatic heterocycles. The minimum atomic E-state index is -1.39. The second-order valence-electron chi connectivity index (χ2n) is 8.47. The monoisotopic (exact) mass is 562 g/mol. The van der Waals surface area contributed by atoms with Crippen LogP contribution < -0.4 is 25.3 Å². The van der Waals surface area contributed by atoms with Gasteiger partial charge in [-0.05, 0) is 53.6 Å². The van der Waals surface area contributed by atoms with Crippen LogP contribution in [0.3, 0.4) is 0 Å². The average molecular weight is 563 g/mol. The molecule has 37 heavy (non-hydrogen) atoms. The van der Waals surface area contributed by atoms with E-state index in [-0.39, 0.29) is 11.5 Å². The van der Waals surface area contributed by atoms with Crippen molar-refractivity contribution in [1.82, 2.24) is 0 Å². The van der Waals surface area contributed by atoms with Crippen molar-refractivity contribution in [3.8, 4) is 17.2 Å². The van der Waals surface area contributed by atoms with E-state index in [1.807, 2.05) is 30.3 Å². The lowest BCUT2D eigenvalue weighted by molar-refractivity contribution is -0.121. The number of carbonyl (C=O) groups excluding carboxylic acids is 2.